The number of rotatable bonds is 4. The van der Waals surface area contributed by atoms with Crippen LogP contribution in [-0.4, -0.2) is 47.8 Å². The zero-order valence-corrected chi connectivity index (χ0v) is 13.6. The molecule has 0 aliphatic carbocycles. The lowest BCUT2D eigenvalue weighted by Crippen LogP contribution is -2.48. The summed E-state index contributed by atoms with van der Waals surface area (Å²) in [5.74, 6) is -1.12. The molecule has 2 saturated heterocycles. The number of nitrogens with zero attached hydrogens (tertiary/aromatic N) is 1. The van der Waals surface area contributed by atoms with E-state index in [1.807, 2.05) is 0 Å². The molecule has 0 spiro atoms. The molecule has 1 N–H and O–H groups in total. The second kappa shape index (κ2) is 7.57. The van der Waals surface area contributed by atoms with Crippen molar-refractivity contribution < 1.29 is 23.4 Å². The number of carbonyl (C=O) groups is 1. The maximum Gasteiger partial charge on any atom is 0.223 e. The Morgan fingerprint density at radius 3 is 2.96 bits per heavy atom. The molecule has 2 aliphatic rings. The van der Waals surface area contributed by atoms with Gasteiger partial charge in [-0.1, -0.05) is 0 Å². The first-order valence-electron chi connectivity index (χ1n) is 8.55. The van der Waals surface area contributed by atoms with Gasteiger partial charge in [-0.05, 0) is 49.4 Å². The minimum atomic E-state index is -0.500. The van der Waals surface area contributed by atoms with Crippen molar-refractivity contribution in [3.63, 3.8) is 0 Å². The van der Waals surface area contributed by atoms with Crippen LogP contribution in [0, 0.1) is 17.6 Å². The first-order chi connectivity index (χ1) is 11.6. The molecule has 3 rings (SSSR count). The molecule has 1 aromatic rings. The normalized spacial score (nSPS) is 27.5. The Bertz CT molecular complexity index is 596. The van der Waals surface area contributed by atoms with Crippen molar-refractivity contribution >= 4 is 5.91 Å². The SMILES string of the molecule is O=C(CCc1cc(F)ccc1F)N1CCCC1C1COCCC1O. The first kappa shape index (κ1) is 17.3. The number of hydrogen-bond donors (Lipinski definition) is 1. The summed E-state index contributed by atoms with van der Waals surface area (Å²) in [5, 5.41) is 10.2. The molecule has 2 fully saturated rings. The lowest BCUT2D eigenvalue weighted by atomic mass is 9.89. The fraction of sp³-hybridized carbons (Fsp3) is 0.611. The number of ether oxygens (including phenoxy) is 1. The number of aryl methyl sites for hydroxylation is 1. The molecule has 2 aliphatic heterocycles. The van der Waals surface area contributed by atoms with Gasteiger partial charge in [-0.2, -0.15) is 0 Å². The van der Waals surface area contributed by atoms with Crippen LogP contribution in [0.1, 0.15) is 31.2 Å². The lowest BCUT2D eigenvalue weighted by Gasteiger charge is -2.37. The van der Waals surface area contributed by atoms with Crippen LogP contribution in [0.3, 0.4) is 0 Å². The summed E-state index contributed by atoms with van der Waals surface area (Å²) in [6.45, 7) is 1.67. The number of benzene rings is 1. The van der Waals surface area contributed by atoms with E-state index in [-0.39, 0.29) is 36.3 Å². The quantitative estimate of drug-likeness (QED) is 0.916. The molecule has 3 unspecified atom stereocenters. The Kier molecular flexibility index (Phi) is 5.46. The predicted octanol–water partition coefficient (Wildman–Crippen LogP) is 2.29. The largest absolute Gasteiger partial charge is 0.393 e. The van der Waals surface area contributed by atoms with Gasteiger partial charge in [0.05, 0.1) is 12.7 Å². The summed E-state index contributed by atoms with van der Waals surface area (Å²) in [5.41, 5.74) is 0.222. The fourth-order valence-corrected chi connectivity index (χ4v) is 3.78. The molecule has 1 amide bonds. The van der Waals surface area contributed by atoms with E-state index in [1.165, 1.54) is 0 Å². The molecule has 0 aromatic heterocycles. The third-order valence-corrected chi connectivity index (χ3v) is 5.09. The van der Waals surface area contributed by atoms with Gasteiger partial charge in [0.25, 0.3) is 0 Å². The molecule has 0 bridgehead atoms. The number of amides is 1. The summed E-state index contributed by atoms with van der Waals surface area (Å²) in [7, 11) is 0. The molecular formula is C18H23F2NO3. The Morgan fingerprint density at radius 1 is 1.33 bits per heavy atom. The van der Waals surface area contributed by atoms with Crippen molar-refractivity contribution in [2.75, 3.05) is 19.8 Å². The van der Waals surface area contributed by atoms with Gasteiger partial charge in [0.1, 0.15) is 11.6 Å². The van der Waals surface area contributed by atoms with Crippen LogP contribution in [0.25, 0.3) is 0 Å². The number of carbonyl (C=O) groups excluding carboxylic acids is 1. The zero-order valence-electron chi connectivity index (χ0n) is 13.6. The number of aliphatic hydroxyl groups excluding tert-OH is 1. The topological polar surface area (TPSA) is 49.8 Å². The zero-order chi connectivity index (χ0) is 17.1. The highest BCUT2D eigenvalue weighted by Gasteiger charge is 2.39. The van der Waals surface area contributed by atoms with Crippen LogP contribution >= 0.6 is 0 Å². The van der Waals surface area contributed by atoms with Crippen LogP contribution in [0.15, 0.2) is 18.2 Å². The predicted molar refractivity (Wildman–Crippen MR) is 84.3 cm³/mol. The smallest absolute Gasteiger partial charge is 0.223 e. The van der Waals surface area contributed by atoms with Crippen LogP contribution in [-0.2, 0) is 16.0 Å². The standard InChI is InChI=1S/C18H23F2NO3/c19-13-4-5-15(20)12(10-13)3-6-18(23)21-8-1-2-16(21)14-11-24-9-7-17(14)22/h4-5,10,14,16-17,22H,1-3,6-9,11H2. The molecule has 4 nitrogen and oxygen atoms in total. The molecule has 1 aromatic carbocycles. The van der Waals surface area contributed by atoms with Gasteiger partial charge in [0, 0.05) is 31.5 Å². The van der Waals surface area contributed by atoms with E-state index in [0.717, 1.165) is 31.0 Å². The van der Waals surface area contributed by atoms with Gasteiger partial charge < -0.3 is 14.7 Å². The van der Waals surface area contributed by atoms with Crippen molar-refractivity contribution in [1.82, 2.24) is 4.90 Å². The molecular weight excluding hydrogens is 316 g/mol. The van der Waals surface area contributed by atoms with Crippen molar-refractivity contribution in [1.29, 1.82) is 0 Å². The lowest BCUT2D eigenvalue weighted by molar-refractivity contribution is -0.136. The van der Waals surface area contributed by atoms with Crippen LogP contribution in [0.5, 0.6) is 0 Å². The Morgan fingerprint density at radius 2 is 2.17 bits per heavy atom. The van der Waals surface area contributed by atoms with E-state index in [0.29, 0.717) is 26.2 Å². The van der Waals surface area contributed by atoms with E-state index in [1.54, 1.807) is 4.90 Å². The Balaban J connectivity index is 1.62. The molecule has 132 valence electrons. The van der Waals surface area contributed by atoms with Gasteiger partial charge in [0.15, 0.2) is 0 Å². The van der Waals surface area contributed by atoms with Crippen molar-refractivity contribution in [3.05, 3.63) is 35.4 Å². The van der Waals surface area contributed by atoms with Gasteiger partial charge in [0.2, 0.25) is 5.91 Å². The number of aliphatic hydroxyl groups is 1. The summed E-state index contributed by atoms with van der Waals surface area (Å²) < 4.78 is 32.4. The van der Waals surface area contributed by atoms with Gasteiger partial charge in [-0.15, -0.1) is 0 Å². The van der Waals surface area contributed by atoms with E-state index in [2.05, 4.69) is 0 Å². The highest BCUT2D eigenvalue weighted by atomic mass is 19.1. The average Bonchev–Trinajstić information content (AvgIpc) is 3.05. The maximum absolute atomic E-state index is 13.7. The highest BCUT2D eigenvalue weighted by molar-refractivity contribution is 5.77. The molecule has 0 saturated carbocycles. The number of hydrogen-bond acceptors (Lipinski definition) is 3. The maximum atomic E-state index is 13.7. The Hall–Kier alpha value is -1.53. The van der Waals surface area contributed by atoms with Gasteiger partial charge in [-0.25, -0.2) is 8.78 Å². The minimum Gasteiger partial charge on any atom is -0.393 e. The molecule has 3 atom stereocenters. The average molecular weight is 339 g/mol. The monoisotopic (exact) mass is 339 g/mol. The third-order valence-electron chi connectivity index (χ3n) is 5.09. The summed E-state index contributed by atoms with van der Waals surface area (Å²) in [6.07, 6.45) is 2.21. The molecule has 24 heavy (non-hydrogen) atoms. The minimum absolute atomic E-state index is 0.0230. The first-order valence-corrected chi connectivity index (χ1v) is 8.55. The van der Waals surface area contributed by atoms with E-state index in [4.69, 9.17) is 4.74 Å². The van der Waals surface area contributed by atoms with Crippen molar-refractivity contribution in [2.45, 2.75) is 44.2 Å². The summed E-state index contributed by atoms with van der Waals surface area (Å²) >= 11 is 0. The summed E-state index contributed by atoms with van der Waals surface area (Å²) in [6, 6.07) is 3.28. The van der Waals surface area contributed by atoms with Crippen molar-refractivity contribution in [2.24, 2.45) is 5.92 Å². The van der Waals surface area contributed by atoms with E-state index >= 15 is 0 Å². The molecule has 0 radical (unpaired) electrons. The van der Waals surface area contributed by atoms with Gasteiger partial charge >= 0.3 is 0 Å². The van der Waals surface area contributed by atoms with Crippen LogP contribution in [0.4, 0.5) is 8.78 Å². The molecule has 2 heterocycles. The van der Waals surface area contributed by atoms with E-state index < -0.39 is 17.7 Å². The molecule has 6 heteroatoms. The number of likely N-dealkylation sites (tertiary alicyclic amines) is 1. The third kappa shape index (κ3) is 3.75. The second-order valence-corrected chi connectivity index (χ2v) is 6.63. The van der Waals surface area contributed by atoms with Crippen LogP contribution < -0.4 is 0 Å². The second-order valence-electron chi connectivity index (χ2n) is 6.63. The Labute approximate surface area is 140 Å². The van der Waals surface area contributed by atoms with Crippen LogP contribution in [0.2, 0.25) is 0 Å². The fourth-order valence-electron chi connectivity index (χ4n) is 3.78. The summed E-state index contributed by atoms with van der Waals surface area (Å²) in [4.78, 5) is 14.4. The van der Waals surface area contributed by atoms with Gasteiger partial charge in [-0.3, -0.25) is 4.79 Å². The number of halogens is 2. The van der Waals surface area contributed by atoms with E-state index in [9.17, 15) is 18.7 Å². The van der Waals surface area contributed by atoms with Crippen molar-refractivity contribution in [3.8, 4) is 0 Å². The highest BCUT2D eigenvalue weighted by Crippen LogP contribution is 2.30.